The zero-order chi connectivity index (χ0) is 13.7. The highest BCUT2D eigenvalue weighted by molar-refractivity contribution is 5.43. The SMILES string of the molecule is CCCN(Cc1cccc(N)c1)c1ncc[nH]c1=O. The fourth-order valence-electron chi connectivity index (χ4n) is 2.01. The van der Waals surface area contributed by atoms with Gasteiger partial charge in [-0.2, -0.15) is 0 Å². The summed E-state index contributed by atoms with van der Waals surface area (Å²) in [5.41, 5.74) is 7.40. The zero-order valence-electron chi connectivity index (χ0n) is 11.0. The Bertz CT molecular complexity index is 594. The standard InChI is InChI=1S/C14H18N4O/c1-2-8-18(13-14(19)17-7-6-16-13)10-11-4-3-5-12(15)9-11/h3-7,9H,2,8,10,15H2,1H3,(H,17,19). The molecule has 5 nitrogen and oxygen atoms in total. The van der Waals surface area contributed by atoms with Gasteiger partial charge < -0.3 is 15.6 Å². The number of aromatic nitrogens is 2. The van der Waals surface area contributed by atoms with Gasteiger partial charge in [-0.15, -0.1) is 0 Å². The number of nitrogens with two attached hydrogens (primary N) is 1. The fourth-order valence-corrected chi connectivity index (χ4v) is 2.01. The van der Waals surface area contributed by atoms with Crippen LogP contribution in [0.4, 0.5) is 11.5 Å². The molecule has 0 aliphatic heterocycles. The summed E-state index contributed by atoms with van der Waals surface area (Å²) in [6.07, 6.45) is 4.08. The Morgan fingerprint density at radius 2 is 2.26 bits per heavy atom. The molecule has 0 saturated carbocycles. The number of hydrogen-bond donors (Lipinski definition) is 2. The van der Waals surface area contributed by atoms with Gasteiger partial charge in [-0.05, 0) is 24.1 Å². The van der Waals surface area contributed by atoms with Crippen LogP contribution in [0.5, 0.6) is 0 Å². The molecule has 3 N–H and O–H groups in total. The molecule has 0 saturated heterocycles. The van der Waals surface area contributed by atoms with Gasteiger partial charge in [0.2, 0.25) is 0 Å². The molecule has 0 bridgehead atoms. The highest BCUT2D eigenvalue weighted by Crippen LogP contribution is 2.13. The normalized spacial score (nSPS) is 10.4. The highest BCUT2D eigenvalue weighted by Gasteiger charge is 2.11. The van der Waals surface area contributed by atoms with Crippen molar-refractivity contribution in [2.24, 2.45) is 0 Å². The topological polar surface area (TPSA) is 75.0 Å². The largest absolute Gasteiger partial charge is 0.399 e. The van der Waals surface area contributed by atoms with Crippen LogP contribution in [-0.2, 0) is 6.54 Å². The van der Waals surface area contributed by atoms with E-state index in [1.54, 1.807) is 6.20 Å². The van der Waals surface area contributed by atoms with Crippen molar-refractivity contribution >= 4 is 11.5 Å². The van der Waals surface area contributed by atoms with Gasteiger partial charge in [0.1, 0.15) is 0 Å². The molecular formula is C14H18N4O. The van der Waals surface area contributed by atoms with Crippen molar-refractivity contribution in [1.82, 2.24) is 9.97 Å². The third-order valence-electron chi connectivity index (χ3n) is 2.81. The average Bonchev–Trinajstić information content (AvgIpc) is 2.39. The molecule has 0 radical (unpaired) electrons. The summed E-state index contributed by atoms with van der Waals surface area (Å²) in [5, 5.41) is 0. The van der Waals surface area contributed by atoms with Crippen LogP contribution in [0.2, 0.25) is 0 Å². The van der Waals surface area contributed by atoms with E-state index >= 15 is 0 Å². The Balaban J connectivity index is 2.26. The predicted molar refractivity (Wildman–Crippen MR) is 77.1 cm³/mol. The van der Waals surface area contributed by atoms with Crippen LogP contribution in [0, 0.1) is 0 Å². The lowest BCUT2D eigenvalue weighted by molar-refractivity contribution is 0.747. The molecule has 0 amide bonds. The number of aromatic amines is 1. The molecule has 0 atom stereocenters. The second kappa shape index (κ2) is 6.04. The molecule has 0 fully saturated rings. The summed E-state index contributed by atoms with van der Waals surface area (Å²) in [5.74, 6) is 0.451. The van der Waals surface area contributed by atoms with Crippen molar-refractivity contribution in [2.75, 3.05) is 17.2 Å². The first kappa shape index (κ1) is 13.1. The second-order valence-electron chi connectivity index (χ2n) is 4.41. The molecule has 5 heteroatoms. The summed E-state index contributed by atoms with van der Waals surface area (Å²) in [6, 6.07) is 7.68. The first-order valence-corrected chi connectivity index (χ1v) is 6.33. The van der Waals surface area contributed by atoms with Crippen LogP contribution < -0.4 is 16.2 Å². The number of nitrogen functional groups attached to an aromatic ring is 1. The lowest BCUT2D eigenvalue weighted by atomic mass is 10.2. The van der Waals surface area contributed by atoms with E-state index in [0.717, 1.165) is 24.2 Å². The molecule has 0 unspecified atom stereocenters. The van der Waals surface area contributed by atoms with Crippen LogP contribution in [0.25, 0.3) is 0 Å². The number of benzene rings is 1. The molecule has 0 aliphatic rings. The number of anilines is 2. The van der Waals surface area contributed by atoms with Crippen molar-refractivity contribution in [3.63, 3.8) is 0 Å². The van der Waals surface area contributed by atoms with Crippen LogP contribution in [0.3, 0.4) is 0 Å². The predicted octanol–water partition coefficient (Wildman–Crippen LogP) is 1.77. The van der Waals surface area contributed by atoms with Gasteiger partial charge in [0, 0.05) is 31.2 Å². The zero-order valence-corrected chi connectivity index (χ0v) is 11.0. The first-order valence-electron chi connectivity index (χ1n) is 6.33. The summed E-state index contributed by atoms with van der Waals surface area (Å²) in [4.78, 5) is 20.6. The van der Waals surface area contributed by atoms with Gasteiger partial charge in [-0.1, -0.05) is 19.1 Å². The maximum absolute atomic E-state index is 11.8. The van der Waals surface area contributed by atoms with Gasteiger partial charge >= 0.3 is 0 Å². The van der Waals surface area contributed by atoms with Crippen molar-refractivity contribution in [3.05, 3.63) is 52.6 Å². The van der Waals surface area contributed by atoms with E-state index in [4.69, 9.17) is 5.73 Å². The molecule has 100 valence electrons. The van der Waals surface area contributed by atoms with Crippen molar-refractivity contribution in [3.8, 4) is 0 Å². The molecule has 1 aromatic heterocycles. The van der Waals surface area contributed by atoms with Crippen LogP contribution in [-0.4, -0.2) is 16.5 Å². The maximum atomic E-state index is 11.8. The van der Waals surface area contributed by atoms with Gasteiger partial charge in [0.15, 0.2) is 5.82 Å². The van der Waals surface area contributed by atoms with E-state index in [-0.39, 0.29) is 5.56 Å². The van der Waals surface area contributed by atoms with Gasteiger partial charge in [-0.25, -0.2) is 4.98 Å². The third kappa shape index (κ3) is 3.34. The van der Waals surface area contributed by atoms with Crippen LogP contribution in [0.15, 0.2) is 41.5 Å². The maximum Gasteiger partial charge on any atom is 0.290 e. The summed E-state index contributed by atoms with van der Waals surface area (Å²) in [7, 11) is 0. The van der Waals surface area contributed by atoms with E-state index in [2.05, 4.69) is 16.9 Å². The highest BCUT2D eigenvalue weighted by atomic mass is 16.1. The second-order valence-corrected chi connectivity index (χ2v) is 4.41. The average molecular weight is 258 g/mol. The van der Waals surface area contributed by atoms with Crippen molar-refractivity contribution < 1.29 is 0 Å². The van der Waals surface area contributed by atoms with Gasteiger partial charge in [0.25, 0.3) is 5.56 Å². The molecular weight excluding hydrogens is 240 g/mol. The summed E-state index contributed by atoms with van der Waals surface area (Å²) in [6.45, 7) is 3.47. The number of nitrogens with one attached hydrogen (secondary N) is 1. The number of H-pyrrole nitrogens is 1. The first-order chi connectivity index (χ1) is 9.20. The molecule has 2 rings (SSSR count). The third-order valence-corrected chi connectivity index (χ3v) is 2.81. The molecule has 1 aromatic carbocycles. The summed E-state index contributed by atoms with van der Waals surface area (Å²) >= 11 is 0. The smallest absolute Gasteiger partial charge is 0.290 e. The molecule has 0 aliphatic carbocycles. The number of rotatable bonds is 5. The number of nitrogens with zero attached hydrogens (tertiary/aromatic N) is 2. The van der Waals surface area contributed by atoms with E-state index in [9.17, 15) is 4.79 Å². The van der Waals surface area contributed by atoms with Crippen LogP contribution in [0.1, 0.15) is 18.9 Å². The molecule has 2 aromatic rings. The summed E-state index contributed by atoms with van der Waals surface area (Å²) < 4.78 is 0. The Morgan fingerprint density at radius 3 is 2.95 bits per heavy atom. The van der Waals surface area contributed by atoms with Gasteiger partial charge in [-0.3, -0.25) is 4.79 Å². The lowest BCUT2D eigenvalue weighted by Gasteiger charge is -2.22. The van der Waals surface area contributed by atoms with Crippen molar-refractivity contribution in [1.29, 1.82) is 0 Å². The minimum Gasteiger partial charge on any atom is -0.399 e. The van der Waals surface area contributed by atoms with E-state index in [1.807, 2.05) is 29.2 Å². The van der Waals surface area contributed by atoms with Crippen LogP contribution >= 0.6 is 0 Å². The minimum atomic E-state index is -0.167. The Labute approximate surface area is 112 Å². The van der Waals surface area contributed by atoms with E-state index in [0.29, 0.717) is 12.4 Å². The Morgan fingerprint density at radius 1 is 1.42 bits per heavy atom. The number of hydrogen-bond acceptors (Lipinski definition) is 4. The van der Waals surface area contributed by atoms with Crippen molar-refractivity contribution in [2.45, 2.75) is 19.9 Å². The Hall–Kier alpha value is -2.30. The van der Waals surface area contributed by atoms with E-state index < -0.39 is 0 Å². The fraction of sp³-hybridized carbons (Fsp3) is 0.286. The monoisotopic (exact) mass is 258 g/mol. The Kier molecular flexibility index (Phi) is 4.18. The quantitative estimate of drug-likeness (QED) is 0.801. The van der Waals surface area contributed by atoms with Gasteiger partial charge in [0.05, 0.1) is 0 Å². The molecule has 1 heterocycles. The van der Waals surface area contributed by atoms with E-state index in [1.165, 1.54) is 6.20 Å². The minimum absolute atomic E-state index is 0.167. The lowest BCUT2D eigenvalue weighted by Crippen LogP contribution is -2.30. The molecule has 0 spiro atoms. The molecule has 19 heavy (non-hydrogen) atoms.